The summed E-state index contributed by atoms with van der Waals surface area (Å²) < 4.78 is 10.7. The summed E-state index contributed by atoms with van der Waals surface area (Å²) in [6.45, 7) is 1.08. The molecule has 0 aliphatic carbocycles. The molecule has 2 aromatic heterocycles. The average Bonchev–Trinajstić information content (AvgIpc) is 3.07. The summed E-state index contributed by atoms with van der Waals surface area (Å²) in [5, 5.41) is 17.3. The lowest BCUT2D eigenvalue weighted by Crippen LogP contribution is -2.40. The third-order valence-electron chi connectivity index (χ3n) is 3.69. The molecule has 3 heterocycles. The molecule has 2 aromatic rings. The second-order valence-corrected chi connectivity index (χ2v) is 5.15. The Morgan fingerprint density at radius 3 is 3.05 bits per heavy atom. The van der Waals surface area contributed by atoms with Crippen molar-refractivity contribution in [2.75, 3.05) is 6.54 Å². The van der Waals surface area contributed by atoms with Crippen molar-refractivity contribution < 1.29 is 18.7 Å². The Hall–Kier alpha value is -2.15. The van der Waals surface area contributed by atoms with Crippen LogP contribution in [0.1, 0.15) is 31.6 Å². The van der Waals surface area contributed by atoms with Gasteiger partial charge in [-0.05, 0) is 31.5 Å². The Morgan fingerprint density at radius 2 is 2.29 bits per heavy atom. The topological polar surface area (TPSA) is 92.6 Å². The molecule has 0 aromatic carbocycles. The maximum atomic E-state index is 11.4. The van der Waals surface area contributed by atoms with Gasteiger partial charge in [-0.25, -0.2) is 0 Å². The van der Waals surface area contributed by atoms with Gasteiger partial charge in [0.1, 0.15) is 6.04 Å². The van der Waals surface area contributed by atoms with E-state index in [0.717, 1.165) is 25.8 Å². The Morgan fingerprint density at radius 1 is 1.38 bits per heavy atom. The lowest BCUT2D eigenvalue weighted by molar-refractivity contribution is -0.143. The third kappa shape index (κ3) is 3.13. The SMILES string of the molecule is O=C(O)C1CCCCCN1Cc1nnc(-c2ccco2)o1. The summed E-state index contributed by atoms with van der Waals surface area (Å²) in [6, 6.07) is 3.00. The van der Waals surface area contributed by atoms with Crippen LogP contribution in [0.2, 0.25) is 0 Å². The molecule has 3 rings (SSSR count). The molecule has 0 bridgehead atoms. The van der Waals surface area contributed by atoms with E-state index < -0.39 is 12.0 Å². The van der Waals surface area contributed by atoms with Gasteiger partial charge in [-0.3, -0.25) is 9.69 Å². The Kier molecular flexibility index (Phi) is 4.01. The van der Waals surface area contributed by atoms with Crippen molar-refractivity contribution in [2.45, 2.75) is 38.3 Å². The molecular weight excluding hydrogens is 274 g/mol. The van der Waals surface area contributed by atoms with Crippen molar-refractivity contribution in [1.29, 1.82) is 0 Å². The van der Waals surface area contributed by atoms with Crippen LogP contribution in [0.3, 0.4) is 0 Å². The number of aromatic nitrogens is 2. The molecule has 0 amide bonds. The Labute approximate surface area is 121 Å². The predicted molar refractivity (Wildman–Crippen MR) is 72.3 cm³/mol. The first-order valence-corrected chi connectivity index (χ1v) is 7.07. The van der Waals surface area contributed by atoms with Crippen molar-refractivity contribution in [2.24, 2.45) is 0 Å². The zero-order valence-corrected chi connectivity index (χ0v) is 11.6. The van der Waals surface area contributed by atoms with Crippen LogP contribution in [-0.4, -0.2) is 38.8 Å². The van der Waals surface area contributed by atoms with E-state index in [1.807, 2.05) is 4.90 Å². The van der Waals surface area contributed by atoms with Crippen LogP contribution in [0.25, 0.3) is 11.7 Å². The highest BCUT2D eigenvalue weighted by molar-refractivity contribution is 5.73. The lowest BCUT2D eigenvalue weighted by atomic mass is 10.1. The van der Waals surface area contributed by atoms with E-state index in [2.05, 4.69) is 10.2 Å². The first kappa shape index (κ1) is 13.8. The number of carboxylic acids is 1. The molecule has 1 atom stereocenters. The molecule has 1 aliphatic rings. The van der Waals surface area contributed by atoms with Crippen molar-refractivity contribution in [3.05, 3.63) is 24.3 Å². The standard InChI is InChI=1S/C14H17N3O4/c18-14(19)10-5-2-1-3-7-17(10)9-12-15-16-13(21-12)11-6-4-8-20-11/h4,6,8,10H,1-3,5,7,9H2,(H,18,19). The lowest BCUT2D eigenvalue weighted by Gasteiger charge is -2.24. The number of carbonyl (C=O) groups is 1. The number of aliphatic carboxylic acids is 1. The maximum absolute atomic E-state index is 11.4. The molecule has 112 valence electrons. The smallest absolute Gasteiger partial charge is 0.320 e. The van der Waals surface area contributed by atoms with E-state index in [-0.39, 0.29) is 0 Å². The minimum absolute atomic E-state index is 0.316. The van der Waals surface area contributed by atoms with Gasteiger partial charge in [-0.15, -0.1) is 10.2 Å². The van der Waals surface area contributed by atoms with Gasteiger partial charge >= 0.3 is 5.97 Å². The largest absolute Gasteiger partial charge is 0.480 e. The second kappa shape index (κ2) is 6.09. The molecule has 7 nitrogen and oxygen atoms in total. The third-order valence-corrected chi connectivity index (χ3v) is 3.69. The molecule has 1 unspecified atom stereocenters. The zero-order valence-electron chi connectivity index (χ0n) is 11.6. The average molecular weight is 291 g/mol. The van der Waals surface area contributed by atoms with Gasteiger partial charge in [0.2, 0.25) is 5.89 Å². The highest BCUT2D eigenvalue weighted by atomic mass is 16.4. The quantitative estimate of drug-likeness (QED) is 0.922. The molecule has 0 radical (unpaired) electrons. The molecule has 1 saturated heterocycles. The first-order chi connectivity index (χ1) is 10.2. The fraction of sp³-hybridized carbons (Fsp3) is 0.500. The monoisotopic (exact) mass is 291 g/mol. The minimum atomic E-state index is -0.789. The minimum Gasteiger partial charge on any atom is -0.480 e. The van der Waals surface area contributed by atoms with Crippen LogP contribution in [0.4, 0.5) is 0 Å². The fourth-order valence-electron chi connectivity index (χ4n) is 2.63. The molecule has 1 fully saturated rings. The van der Waals surface area contributed by atoms with Crippen LogP contribution < -0.4 is 0 Å². The van der Waals surface area contributed by atoms with Crippen LogP contribution in [0.5, 0.6) is 0 Å². The number of carboxylic acid groups (broad SMARTS) is 1. The molecule has 0 spiro atoms. The number of likely N-dealkylation sites (tertiary alicyclic amines) is 1. The van der Waals surface area contributed by atoms with Crippen LogP contribution in [0.15, 0.2) is 27.2 Å². The van der Waals surface area contributed by atoms with E-state index in [9.17, 15) is 9.90 Å². The van der Waals surface area contributed by atoms with Gasteiger partial charge in [0, 0.05) is 0 Å². The highest BCUT2D eigenvalue weighted by Gasteiger charge is 2.28. The maximum Gasteiger partial charge on any atom is 0.320 e. The molecular formula is C14H17N3O4. The summed E-state index contributed by atoms with van der Waals surface area (Å²) in [5.41, 5.74) is 0. The number of hydrogen-bond donors (Lipinski definition) is 1. The van der Waals surface area contributed by atoms with E-state index >= 15 is 0 Å². The highest BCUT2D eigenvalue weighted by Crippen LogP contribution is 2.22. The van der Waals surface area contributed by atoms with Gasteiger partial charge < -0.3 is 13.9 Å². The predicted octanol–water partition coefficient (Wildman–Crippen LogP) is 2.16. The van der Waals surface area contributed by atoms with Crippen molar-refractivity contribution in [3.8, 4) is 11.7 Å². The van der Waals surface area contributed by atoms with Gasteiger partial charge in [-0.1, -0.05) is 12.8 Å². The van der Waals surface area contributed by atoms with Gasteiger partial charge in [0.25, 0.3) is 5.89 Å². The van der Waals surface area contributed by atoms with E-state index in [0.29, 0.717) is 30.5 Å². The summed E-state index contributed by atoms with van der Waals surface area (Å²) in [7, 11) is 0. The summed E-state index contributed by atoms with van der Waals surface area (Å²) in [6.07, 6.45) is 5.18. The molecule has 0 saturated carbocycles. The Bertz CT molecular complexity index is 593. The summed E-state index contributed by atoms with van der Waals surface area (Å²) in [4.78, 5) is 13.3. The zero-order chi connectivity index (χ0) is 14.7. The number of rotatable bonds is 4. The summed E-state index contributed by atoms with van der Waals surface area (Å²) >= 11 is 0. The van der Waals surface area contributed by atoms with Gasteiger partial charge in [0.15, 0.2) is 5.76 Å². The second-order valence-electron chi connectivity index (χ2n) is 5.15. The van der Waals surface area contributed by atoms with Gasteiger partial charge in [-0.2, -0.15) is 0 Å². The first-order valence-electron chi connectivity index (χ1n) is 7.07. The Balaban J connectivity index is 1.73. The van der Waals surface area contributed by atoms with Crippen molar-refractivity contribution >= 4 is 5.97 Å². The van der Waals surface area contributed by atoms with Crippen molar-refractivity contribution in [1.82, 2.24) is 15.1 Å². The van der Waals surface area contributed by atoms with E-state index in [4.69, 9.17) is 8.83 Å². The van der Waals surface area contributed by atoms with Crippen LogP contribution in [0, 0.1) is 0 Å². The molecule has 1 N–H and O–H groups in total. The fourth-order valence-corrected chi connectivity index (χ4v) is 2.63. The number of furan rings is 1. The van der Waals surface area contributed by atoms with Gasteiger partial charge in [0.05, 0.1) is 12.8 Å². The van der Waals surface area contributed by atoms with Crippen molar-refractivity contribution in [3.63, 3.8) is 0 Å². The van der Waals surface area contributed by atoms with Crippen LogP contribution in [-0.2, 0) is 11.3 Å². The van der Waals surface area contributed by atoms with E-state index in [1.165, 1.54) is 6.26 Å². The molecule has 1 aliphatic heterocycles. The molecule has 7 heteroatoms. The number of nitrogens with zero attached hydrogens (tertiary/aromatic N) is 3. The molecule has 21 heavy (non-hydrogen) atoms. The van der Waals surface area contributed by atoms with E-state index in [1.54, 1.807) is 12.1 Å². The van der Waals surface area contributed by atoms with Crippen LogP contribution >= 0.6 is 0 Å². The summed E-state index contributed by atoms with van der Waals surface area (Å²) in [5.74, 6) is 0.452. The normalized spacial score (nSPS) is 20.3. The number of hydrogen-bond acceptors (Lipinski definition) is 6.